The van der Waals surface area contributed by atoms with E-state index < -0.39 is 5.97 Å². The number of nitrogens with zero attached hydrogens (tertiary/aromatic N) is 1. The topological polar surface area (TPSA) is 75.2 Å². The maximum atomic E-state index is 11.2. The molecule has 1 aromatic heterocycles. The highest BCUT2D eigenvalue weighted by molar-refractivity contribution is 5.95. The summed E-state index contributed by atoms with van der Waals surface area (Å²) in [6.45, 7) is 1.78. The quantitative estimate of drug-likeness (QED) is 0.691. The van der Waals surface area contributed by atoms with Crippen LogP contribution in [0.5, 0.6) is 5.75 Å². The number of aromatic hydroxyl groups is 1. The lowest BCUT2D eigenvalue weighted by Crippen LogP contribution is -2.00. The minimum absolute atomic E-state index is 0.0303. The number of H-pyrrole nitrogens is 1. The first kappa shape index (κ1) is 9.51. The van der Waals surface area contributed by atoms with Gasteiger partial charge in [-0.3, -0.25) is 0 Å². The zero-order valence-electron chi connectivity index (χ0n) is 8.37. The van der Waals surface area contributed by atoms with Crippen LogP contribution in [-0.2, 0) is 4.74 Å². The molecule has 15 heavy (non-hydrogen) atoms. The molecular formula is C10H10N2O3. The normalized spacial score (nSPS) is 10.5. The second kappa shape index (κ2) is 3.27. The average molecular weight is 206 g/mol. The molecule has 2 rings (SSSR count). The van der Waals surface area contributed by atoms with Gasteiger partial charge in [-0.1, -0.05) is 0 Å². The molecule has 0 aliphatic rings. The fourth-order valence-electron chi connectivity index (χ4n) is 1.46. The van der Waals surface area contributed by atoms with Crippen LogP contribution in [0.2, 0.25) is 0 Å². The third-order valence-electron chi connectivity index (χ3n) is 2.11. The first-order valence-corrected chi connectivity index (χ1v) is 4.39. The van der Waals surface area contributed by atoms with Gasteiger partial charge in [0.1, 0.15) is 17.1 Å². The summed E-state index contributed by atoms with van der Waals surface area (Å²) in [5.41, 5.74) is 1.37. The highest BCUT2D eigenvalue weighted by atomic mass is 16.5. The van der Waals surface area contributed by atoms with Gasteiger partial charge in [0.25, 0.3) is 0 Å². The molecule has 5 nitrogen and oxygen atoms in total. The van der Waals surface area contributed by atoms with Crippen molar-refractivity contribution in [3.63, 3.8) is 0 Å². The number of phenols is 1. The van der Waals surface area contributed by atoms with Gasteiger partial charge in [-0.05, 0) is 19.1 Å². The minimum Gasteiger partial charge on any atom is -0.506 e. The molecule has 0 radical (unpaired) electrons. The van der Waals surface area contributed by atoms with Crippen LogP contribution in [0.4, 0.5) is 0 Å². The summed E-state index contributed by atoms with van der Waals surface area (Å²) in [7, 11) is 1.29. The molecule has 0 amide bonds. The Balaban J connectivity index is 2.66. The number of methoxy groups -OCH3 is 1. The largest absolute Gasteiger partial charge is 0.506 e. The molecule has 0 aliphatic heterocycles. The lowest BCUT2D eigenvalue weighted by Gasteiger charge is -2.00. The van der Waals surface area contributed by atoms with Crippen molar-refractivity contribution in [1.29, 1.82) is 0 Å². The number of imidazole rings is 1. The fraction of sp³-hybridized carbons (Fsp3) is 0.200. The molecule has 0 unspecified atom stereocenters. The van der Waals surface area contributed by atoms with E-state index in [2.05, 4.69) is 14.7 Å². The van der Waals surface area contributed by atoms with Crippen LogP contribution in [0, 0.1) is 6.92 Å². The highest BCUT2D eigenvalue weighted by Gasteiger charge is 2.12. The number of hydrogen-bond donors (Lipinski definition) is 2. The van der Waals surface area contributed by atoms with Crippen molar-refractivity contribution in [1.82, 2.24) is 9.97 Å². The molecule has 78 valence electrons. The van der Waals surface area contributed by atoms with Crippen LogP contribution in [0.15, 0.2) is 12.1 Å². The predicted octanol–water partition coefficient (Wildman–Crippen LogP) is 1.36. The molecule has 0 bridgehead atoms. The number of fused-ring (bicyclic) bond motifs is 1. The summed E-state index contributed by atoms with van der Waals surface area (Å²) in [6, 6.07) is 2.94. The molecule has 0 saturated heterocycles. The SMILES string of the molecule is COC(=O)c1cc(O)c2nc(C)[nH]c2c1. The summed E-state index contributed by atoms with van der Waals surface area (Å²) in [5.74, 6) is 0.166. The third kappa shape index (κ3) is 1.52. The first-order valence-electron chi connectivity index (χ1n) is 4.39. The second-order valence-corrected chi connectivity index (χ2v) is 3.21. The number of carbonyl (C=O) groups excluding carboxylic acids is 1. The molecular weight excluding hydrogens is 196 g/mol. The van der Waals surface area contributed by atoms with E-state index in [0.29, 0.717) is 22.4 Å². The van der Waals surface area contributed by atoms with Gasteiger partial charge in [-0.25, -0.2) is 9.78 Å². The summed E-state index contributed by atoms with van der Waals surface area (Å²) >= 11 is 0. The van der Waals surface area contributed by atoms with Gasteiger partial charge < -0.3 is 14.8 Å². The summed E-state index contributed by atoms with van der Waals surface area (Å²) in [5, 5.41) is 9.62. The fourth-order valence-corrected chi connectivity index (χ4v) is 1.46. The van der Waals surface area contributed by atoms with E-state index in [1.807, 2.05) is 0 Å². The first-order chi connectivity index (χ1) is 7.11. The zero-order valence-corrected chi connectivity index (χ0v) is 8.37. The Morgan fingerprint density at radius 1 is 1.53 bits per heavy atom. The number of hydrogen-bond acceptors (Lipinski definition) is 4. The van der Waals surface area contributed by atoms with Crippen molar-refractivity contribution < 1.29 is 14.6 Å². The van der Waals surface area contributed by atoms with Crippen molar-refractivity contribution >= 4 is 17.0 Å². The molecule has 0 saturated carbocycles. The lowest BCUT2D eigenvalue weighted by atomic mass is 10.2. The Hall–Kier alpha value is -2.04. The number of rotatable bonds is 1. The maximum Gasteiger partial charge on any atom is 0.338 e. The lowest BCUT2D eigenvalue weighted by molar-refractivity contribution is 0.0600. The smallest absolute Gasteiger partial charge is 0.338 e. The number of aromatic nitrogens is 2. The van der Waals surface area contributed by atoms with Crippen LogP contribution in [0.3, 0.4) is 0 Å². The van der Waals surface area contributed by atoms with Gasteiger partial charge in [0.15, 0.2) is 0 Å². The number of aryl methyl sites for hydroxylation is 1. The minimum atomic E-state index is -0.487. The van der Waals surface area contributed by atoms with E-state index in [9.17, 15) is 9.90 Å². The highest BCUT2D eigenvalue weighted by Crippen LogP contribution is 2.24. The number of phenolic OH excluding ortho intramolecular Hbond substituents is 1. The van der Waals surface area contributed by atoms with Crippen molar-refractivity contribution in [2.75, 3.05) is 7.11 Å². The molecule has 1 aromatic carbocycles. The van der Waals surface area contributed by atoms with Gasteiger partial charge in [0, 0.05) is 0 Å². The van der Waals surface area contributed by atoms with E-state index in [4.69, 9.17) is 0 Å². The number of aromatic amines is 1. The Labute approximate surface area is 85.7 Å². The number of ether oxygens (including phenoxy) is 1. The standard InChI is InChI=1S/C10H10N2O3/c1-5-11-7-3-6(10(14)15-2)4-8(13)9(7)12-5/h3-4,13H,1-2H3,(H,11,12). The van der Waals surface area contributed by atoms with Gasteiger partial charge in [-0.15, -0.1) is 0 Å². The molecule has 0 spiro atoms. The van der Waals surface area contributed by atoms with E-state index >= 15 is 0 Å². The van der Waals surface area contributed by atoms with Crippen molar-refractivity contribution in [2.24, 2.45) is 0 Å². The van der Waals surface area contributed by atoms with Gasteiger partial charge in [0.05, 0.1) is 18.2 Å². The number of carbonyl (C=O) groups is 1. The van der Waals surface area contributed by atoms with Crippen molar-refractivity contribution in [3.8, 4) is 5.75 Å². The second-order valence-electron chi connectivity index (χ2n) is 3.21. The average Bonchev–Trinajstić information content (AvgIpc) is 2.58. The van der Waals surface area contributed by atoms with E-state index in [-0.39, 0.29) is 5.75 Å². The number of esters is 1. The van der Waals surface area contributed by atoms with E-state index in [1.54, 1.807) is 13.0 Å². The molecule has 1 heterocycles. The number of nitrogens with one attached hydrogen (secondary N) is 1. The summed E-state index contributed by atoms with van der Waals surface area (Å²) in [6.07, 6.45) is 0. The van der Waals surface area contributed by atoms with Crippen LogP contribution in [0.1, 0.15) is 16.2 Å². The van der Waals surface area contributed by atoms with Gasteiger partial charge in [0.2, 0.25) is 0 Å². The summed E-state index contributed by atoms with van der Waals surface area (Å²) in [4.78, 5) is 18.3. The monoisotopic (exact) mass is 206 g/mol. The molecule has 0 atom stereocenters. The van der Waals surface area contributed by atoms with Crippen molar-refractivity contribution in [3.05, 3.63) is 23.5 Å². The molecule has 0 fully saturated rings. The Kier molecular flexibility index (Phi) is 2.07. The van der Waals surface area contributed by atoms with Crippen LogP contribution >= 0.6 is 0 Å². The van der Waals surface area contributed by atoms with Crippen LogP contribution in [-0.4, -0.2) is 28.2 Å². The molecule has 0 aliphatic carbocycles. The molecule has 2 aromatic rings. The molecule has 2 N–H and O–H groups in total. The van der Waals surface area contributed by atoms with E-state index in [0.717, 1.165) is 0 Å². The Morgan fingerprint density at radius 3 is 2.93 bits per heavy atom. The maximum absolute atomic E-state index is 11.2. The zero-order chi connectivity index (χ0) is 11.0. The van der Waals surface area contributed by atoms with E-state index in [1.165, 1.54) is 13.2 Å². The predicted molar refractivity (Wildman–Crippen MR) is 53.8 cm³/mol. The third-order valence-corrected chi connectivity index (χ3v) is 2.11. The van der Waals surface area contributed by atoms with Crippen LogP contribution in [0.25, 0.3) is 11.0 Å². The Morgan fingerprint density at radius 2 is 2.27 bits per heavy atom. The summed E-state index contributed by atoms with van der Waals surface area (Å²) < 4.78 is 4.56. The van der Waals surface area contributed by atoms with Gasteiger partial charge >= 0.3 is 5.97 Å². The van der Waals surface area contributed by atoms with Crippen molar-refractivity contribution in [2.45, 2.75) is 6.92 Å². The van der Waals surface area contributed by atoms with Gasteiger partial charge in [-0.2, -0.15) is 0 Å². The number of benzene rings is 1. The Bertz CT molecular complexity index is 531. The van der Waals surface area contributed by atoms with Crippen LogP contribution < -0.4 is 0 Å². The molecule has 5 heteroatoms.